The second-order valence-corrected chi connectivity index (χ2v) is 5.20. The van der Waals surface area contributed by atoms with Crippen LogP contribution in [-0.4, -0.2) is 24.5 Å². The van der Waals surface area contributed by atoms with Gasteiger partial charge < -0.3 is 5.11 Å². The van der Waals surface area contributed by atoms with Crippen LogP contribution >= 0.6 is 0 Å². The van der Waals surface area contributed by atoms with E-state index in [2.05, 4.69) is 44.8 Å². The normalized spacial score (nSPS) is 13.1. The van der Waals surface area contributed by atoms with Crippen molar-refractivity contribution in [3.63, 3.8) is 0 Å². The number of hydrogen-bond acceptors (Lipinski definition) is 2. The average molecular weight is 263 g/mol. The molecule has 0 heterocycles. The standard InChI is InChI=1S/C17H29NO/c1-15(2)7-5-8-16(3)9-6-10-17(4)11-12-18-13-14-19/h7,9,11-12,19H,5-6,8,10,13-14H2,1-4H3/b16-9+,17-11+,18-12?. The molecule has 0 aliphatic heterocycles. The van der Waals surface area contributed by atoms with Crippen LogP contribution in [-0.2, 0) is 0 Å². The van der Waals surface area contributed by atoms with E-state index in [0.29, 0.717) is 6.54 Å². The molecule has 0 amide bonds. The van der Waals surface area contributed by atoms with Crippen LogP contribution in [0.1, 0.15) is 53.4 Å². The van der Waals surface area contributed by atoms with Gasteiger partial charge in [0.05, 0.1) is 13.2 Å². The van der Waals surface area contributed by atoms with Gasteiger partial charge in [0.1, 0.15) is 0 Å². The highest BCUT2D eigenvalue weighted by Crippen LogP contribution is 2.10. The smallest absolute Gasteiger partial charge is 0.0626 e. The molecule has 1 N–H and O–H groups in total. The zero-order chi connectivity index (χ0) is 14.5. The van der Waals surface area contributed by atoms with E-state index in [4.69, 9.17) is 5.11 Å². The third-order valence-electron chi connectivity index (χ3n) is 2.82. The lowest BCUT2D eigenvalue weighted by atomic mass is 10.1. The number of allylic oxidation sites excluding steroid dienone is 6. The van der Waals surface area contributed by atoms with Crippen molar-refractivity contribution in [1.29, 1.82) is 0 Å². The van der Waals surface area contributed by atoms with E-state index in [0.717, 1.165) is 25.7 Å². The Labute approximate surface area is 118 Å². The summed E-state index contributed by atoms with van der Waals surface area (Å²) < 4.78 is 0. The highest BCUT2D eigenvalue weighted by atomic mass is 16.3. The average Bonchev–Trinajstić information content (AvgIpc) is 2.34. The third-order valence-corrected chi connectivity index (χ3v) is 2.82. The molecular formula is C17H29NO. The predicted octanol–water partition coefficient (Wildman–Crippen LogP) is 4.47. The van der Waals surface area contributed by atoms with Crippen LogP contribution < -0.4 is 0 Å². The minimum absolute atomic E-state index is 0.122. The van der Waals surface area contributed by atoms with Crippen LogP contribution in [0.25, 0.3) is 0 Å². The Balaban J connectivity index is 3.89. The molecule has 0 aliphatic rings. The summed E-state index contributed by atoms with van der Waals surface area (Å²) >= 11 is 0. The third kappa shape index (κ3) is 13.1. The number of aliphatic imine (C=N–C) groups is 1. The number of aliphatic hydroxyl groups excluding tert-OH is 1. The van der Waals surface area contributed by atoms with Gasteiger partial charge >= 0.3 is 0 Å². The molecule has 0 aromatic rings. The van der Waals surface area contributed by atoms with E-state index >= 15 is 0 Å². The van der Waals surface area contributed by atoms with Crippen molar-refractivity contribution in [3.05, 3.63) is 34.9 Å². The van der Waals surface area contributed by atoms with Crippen LogP contribution in [0.15, 0.2) is 39.9 Å². The van der Waals surface area contributed by atoms with Gasteiger partial charge in [0, 0.05) is 6.21 Å². The van der Waals surface area contributed by atoms with Crippen molar-refractivity contribution >= 4 is 6.21 Å². The fourth-order valence-electron chi connectivity index (χ4n) is 1.63. The predicted molar refractivity (Wildman–Crippen MR) is 85.9 cm³/mol. The highest BCUT2D eigenvalue weighted by Gasteiger charge is 1.91. The Morgan fingerprint density at radius 1 is 0.947 bits per heavy atom. The second kappa shape index (κ2) is 11.9. The Hall–Kier alpha value is -1.15. The van der Waals surface area contributed by atoms with E-state index in [1.807, 2.05) is 6.08 Å². The Kier molecular flexibility index (Phi) is 11.2. The number of aliphatic hydroxyl groups is 1. The van der Waals surface area contributed by atoms with Gasteiger partial charge in [-0.3, -0.25) is 4.99 Å². The molecule has 0 radical (unpaired) electrons. The van der Waals surface area contributed by atoms with E-state index < -0.39 is 0 Å². The lowest BCUT2D eigenvalue weighted by Crippen LogP contribution is -1.87. The van der Waals surface area contributed by atoms with Gasteiger partial charge in [0.15, 0.2) is 0 Å². The highest BCUT2D eigenvalue weighted by molar-refractivity contribution is 5.71. The molecule has 0 atom stereocenters. The van der Waals surface area contributed by atoms with E-state index in [-0.39, 0.29) is 6.61 Å². The summed E-state index contributed by atoms with van der Waals surface area (Å²) in [5, 5.41) is 8.59. The van der Waals surface area contributed by atoms with Gasteiger partial charge in [-0.25, -0.2) is 0 Å². The molecule has 0 rings (SSSR count). The molecule has 0 fully saturated rings. The van der Waals surface area contributed by atoms with E-state index in [9.17, 15) is 0 Å². The molecule has 2 nitrogen and oxygen atoms in total. The second-order valence-electron chi connectivity index (χ2n) is 5.20. The van der Waals surface area contributed by atoms with Crippen molar-refractivity contribution in [2.24, 2.45) is 4.99 Å². The first-order chi connectivity index (χ1) is 9.06. The summed E-state index contributed by atoms with van der Waals surface area (Å²) in [5.41, 5.74) is 4.20. The number of hydrogen-bond donors (Lipinski definition) is 1. The largest absolute Gasteiger partial charge is 0.394 e. The van der Waals surface area contributed by atoms with Gasteiger partial charge in [-0.1, -0.05) is 28.9 Å². The topological polar surface area (TPSA) is 32.6 Å². The minimum Gasteiger partial charge on any atom is -0.394 e. The van der Waals surface area contributed by atoms with Crippen LogP contribution in [0.2, 0.25) is 0 Å². The lowest BCUT2D eigenvalue weighted by molar-refractivity contribution is 0.307. The zero-order valence-corrected chi connectivity index (χ0v) is 12.9. The maximum atomic E-state index is 8.59. The fourth-order valence-corrected chi connectivity index (χ4v) is 1.63. The Morgan fingerprint density at radius 2 is 1.58 bits per heavy atom. The van der Waals surface area contributed by atoms with Gasteiger partial charge in [0.25, 0.3) is 0 Å². The zero-order valence-electron chi connectivity index (χ0n) is 12.9. The first kappa shape index (κ1) is 17.8. The molecular weight excluding hydrogens is 234 g/mol. The van der Waals surface area contributed by atoms with E-state index in [1.165, 1.54) is 16.7 Å². The SMILES string of the molecule is CC(C)=CCC/C(C)=C/CC/C(C)=C/C=NCCO. The summed E-state index contributed by atoms with van der Waals surface area (Å²) in [6, 6.07) is 0. The van der Waals surface area contributed by atoms with Gasteiger partial charge in [-0.2, -0.15) is 0 Å². The van der Waals surface area contributed by atoms with Crippen LogP contribution in [0.5, 0.6) is 0 Å². The maximum Gasteiger partial charge on any atom is 0.0626 e. The van der Waals surface area contributed by atoms with E-state index in [1.54, 1.807) is 6.21 Å². The molecule has 0 saturated heterocycles. The van der Waals surface area contributed by atoms with Crippen LogP contribution in [0, 0.1) is 0 Å². The molecule has 2 heteroatoms. The minimum atomic E-state index is 0.122. The Morgan fingerprint density at radius 3 is 2.21 bits per heavy atom. The molecule has 0 saturated carbocycles. The molecule has 0 bridgehead atoms. The summed E-state index contributed by atoms with van der Waals surface area (Å²) in [5.74, 6) is 0. The van der Waals surface area contributed by atoms with Crippen molar-refractivity contribution in [2.75, 3.05) is 13.2 Å². The van der Waals surface area contributed by atoms with Crippen molar-refractivity contribution in [2.45, 2.75) is 53.4 Å². The van der Waals surface area contributed by atoms with Gasteiger partial charge in [-0.15, -0.1) is 0 Å². The number of nitrogens with zero attached hydrogens (tertiary/aromatic N) is 1. The molecule has 0 aliphatic carbocycles. The van der Waals surface area contributed by atoms with Crippen molar-refractivity contribution in [3.8, 4) is 0 Å². The fraction of sp³-hybridized carbons (Fsp3) is 0.588. The van der Waals surface area contributed by atoms with Crippen molar-refractivity contribution in [1.82, 2.24) is 0 Å². The first-order valence-electron chi connectivity index (χ1n) is 7.11. The molecule has 0 aromatic carbocycles. The monoisotopic (exact) mass is 263 g/mol. The lowest BCUT2D eigenvalue weighted by Gasteiger charge is -2.00. The van der Waals surface area contributed by atoms with Gasteiger partial charge in [0.2, 0.25) is 0 Å². The quantitative estimate of drug-likeness (QED) is 0.483. The molecule has 0 aromatic heterocycles. The van der Waals surface area contributed by atoms with Crippen LogP contribution in [0.3, 0.4) is 0 Å². The summed E-state index contributed by atoms with van der Waals surface area (Å²) in [4.78, 5) is 4.06. The van der Waals surface area contributed by atoms with Crippen molar-refractivity contribution < 1.29 is 5.11 Å². The molecule has 108 valence electrons. The molecule has 0 spiro atoms. The number of rotatable bonds is 9. The summed E-state index contributed by atoms with van der Waals surface area (Å²) in [7, 11) is 0. The first-order valence-corrected chi connectivity index (χ1v) is 7.11. The van der Waals surface area contributed by atoms with Crippen LogP contribution in [0.4, 0.5) is 0 Å². The summed E-state index contributed by atoms with van der Waals surface area (Å²) in [6.45, 7) is 9.24. The molecule has 0 unspecified atom stereocenters. The van der Waals surface area contributed by atoms with Gasteiger partial charge in [-0.05, 0) is 59.5 Å². The summed E-state index contributed by atoms with van der Waals surface area (Å²) in [6.07, 6.45) is 12.9. The maximum absolute atomic E-state index is 8.59. The molecule has 19 heavy (non-hydrogen) atoms. The Bertz CT molecular complexity index is 344.